The Balaban J connectivity index is 2.56. The molecule has 3 heteroatoms. The van der Waals surface area contributed by atoms with Gasteiger partial charge in [-0.2, -0.15) is 0 Å². The molecule has 0 unspecified atom stereocenters. The van der Waals surface area contributed by atoms with Gasteiger partial charge in [0.25, 0.3) is 0 Å². The number of halogens is 1. The van der Waals surface area contributed by atoms with Gasteiger partial charge in [-0.15, -0.1) is 0 Å². The van der Waals surface area contributed by atoms with Gasteiger partial charge in [0.1, 0.15) is 5.82 Å². The molecule has 1 aromatic heterocycles. The van der Waals surface area contributed by atoms with E-state index in [0.717, 1.165) is 42.5 Å². The number of ether oxygens (including phenoxy) is 1. The van der Waals surface area contributed by atoms with Crippen molar-refractivity contribution >= 4 is 10.9 Å². The summed E-state index contributed by atoms with van der Waals surface area (Å²) < 4.78 is 21.6. The standard InChI is InChI=1S/C18H26FNO/c1-6-13-10-17-14(11-16(13)19)15(18(2,3)4)12-20(17)8-7-9-21-5/h10-12H,6-9H2,1-5H3. The third-order valence-corrected chi connectivity index (χ3v) is 3.99. The monoisotopic (exact) mass is 291 g/mol. The molecule has 0 spiro atoms. The van der Waals surface area contributed by atoms with E-state index in [0.29, 0.717) is 0 Å². The third-order valence-electron chi connectivity index (χ3n) is 3.99. The average molecular weight is 291 g/mol. The van der Waals surface area contributed by atoms with E-state index in [1.165, 1.54) is 5.56 Å². The molecule has 0 bridgehead atoms. The van der Waals surface area contributed by atoms with Crippen LogP contribution < -0.4 is 0 Å². The Kier molecular flexibility index (Phi) is 4.72. The summed E-state index contributed by atoms with van der Waals surface area (Å²) in [5, 5.41) is 1.04. The first kappa shape index (κ1) is 16.0. The summed E-state index contributed by atoms with van der Waals surface area (Å²) >= 11 is 0. The molecule has 0 fully saturated rings. The van der Waals surface area contributed by atoms with Crippen molar-refractivity contribution in [2.24, 2.45) is 0 Å². The summed E-state index contributed by atoms with van der Waals surface area (Å²) in [6, 6.07) is 3.72. The molecule has 0 aliphatic carbocycles. The first-order chi connectivity index (χ1) is 9.88. The highest BCUT2D eigenvalue weighted by molar-refractivity contribution is 5.86. The quantitative estimate of drug-likeness (QED) is 0.730. The van der Waals surface area contributed by atoms with Crippen LogP contribution in [0.4, 0.5) is 4.39 Å². The number of fused-ring (bicyclic) bond motifs is 1. The molecule has 2 rings (SSSR count). The molecule has 1 heterocycles. The lowest BCUT2D eigenvalue weighted by Crippen LogP contribution is -2.10. The number of hydrogen-bond acceptors (Lipinski definition) is 1. The Morgan fingerprint density at radius 3 is 2.52 bits per heavy atom. The maximum atomic E-state index is 14.2. The molecule has 0 atom stereocenters. The molecule has 0 aliphatic rings. The first-order valence-corrected chi connectivity index (χ1v) is 7.69. The van der Waals surface area contributed by atoms with Crippen molar-refractivity contribution in [3.8, 4) is 0 Å². The molecule has 0 N–H and O–H groups in total. The summed E-state index contributed by atoms with van der Waals surface area (Å²) in [7, 11) is 1.72. The van der Waals surface area contributed by atoms with Crippen molar-refractivity contribution in [1.82, 2.24) is 4.57 Å². The van der Waals surface area contributed by atoms with Gasteiger partial charge in [0, 0.05) is 37.4 Å². The molecule has 0 saturated heterocycles. The highest BCUT2D eigenvalue weighted by atomic mass is 19.1. The Bertz CT molecular complexity index is 622. The first-order valence-electron chi connectivity index (χ1n) is 7.69. The predicted molar refractivity (Wildman–Crippen MR) is 86.5 cm³/mol. The number of nitrogens with zero attached hydrogens (tertiary/aromatic N) is 1. The van der Waals surface area contributed by atoms with E-state index in [-0.39, 0.29) is 11.2 Å². The van der Waals surface area contributed by atoms with Crippen molar-refractivity contribution < 1.29 is 9.13 Å². The van der Waals surface area contributed by atoms with Crippen molar-refractivity contribution in [3.05, 3.63) is 35.3 Å². The lowest BCUT2D eigenvalue weighted by Gasteiger charge is -2.17. The minimum atomic E-state index is -0.0925. The van der Waals surface area contributed by atoms with Crippen LogP contribution in [0.2, 0.25) is 0 Å². The molecule has 0 aliphatic heterocycles. The van der Waals surface area contributed by atoms with Gasteiger partial charge in [-0.05, 0) is 41.5 Å². The molecule has 0 radical (unpaired) electrons. The normalized spacial score (nSPS) is 12.3. The highest BCUT2D eigenvalue weighted by Gasteiger charge is 2.21. The van der Waals surface area contributed by atoms with Crippen LogP contribution in [0.1, 0.15) is 45.2 Å². The minimum Gasteiger partial charge on any atom is -0.385 e. The van der Waals surface area contributed by atoms with Crippen LogP contribution in [-0.2, 0) is 23.1 Å². The molecule has 116 valence electrons. The van der Waals surface area contributed by atoms with Crippen LogP contribution in [0.5, 0.6) is 0 Å². The van der Waals surface area contributed by atoms with Gasteiger partial charge < -0.3 is 9.30 Å². The second-order valence-corrected chi connectivity index (χ2v) is 6.65. The Labute approximate surface area is 126 Å². The Hall–Kier alpha value is -1.35. The summed E-state index contributed by atoms with van der Waals surface area (Å²) in [5.41, 5.74) is 3.13. The van der Waals surface area contributed by atoms with Crippen molar-refractivity contribution in [3.63, 3.8) is 0 Å². The van der Waals surface area contributed by atoms with Crippen LogP contribution in [-0.4, -0.2) is 18.3 Å². The highest BCUT2D eigenvalue weighted by Crippen LogP contribution is 2.33. The smallest absolute Gasteiger partial charge is 0.127 e. The van der Waals surface area contributed by atoms with Gasteiger partial charge in [0.05, 0.1) is 0 Å². The lowest BCUT2D eigenvalue weighted by atomic mass is 9.86. The topological polar surface area (TPSA) is 14.2 Å². The average Bonchev–Trinajstić information content (AvgIpc) is 2.76. The zero-order valence-electron chi connectivity index (χ0n) is 13.8. The second-order valence-electron chi connectivity index (χ2n) is 6.65. The van der Waals surface area contributed by atoms with Gasteiger partial charge in [-0.3, -0.25) is 0 Å². The fraction of sp³-hybridized carbons (Fsp3) is 0.556. The maximum Gasteiger partial charge on any atom is 0.127 e. The van der Waals surface area contributed by atoms with E-state index in [4.69, 9.17) is 4.74 Å². The maximum absolute atomic E-state index is 14.2. The van der Waals surface area contributed by atoms with Crippen molar-refractivity contribution in [2.75, 3.05) is 13.7 Å². The van der Waals surface area contributed by atoms with Crippen LogP contribution in [0.15, 0.2) is 18.3 Å². The van der Waals surface area contributed by atoms with E-state index in [1.807, 2.05) is 13.0 Å². The fourth-order valence-corrected chi connectivity index (χ4v) is 2.79. The minimum absolute atomic E-state index is 0.00489. The van der Waals surface area contributed by atoms with E-state index >= 15 is 0 Å². The molecule has 2 nitrogen and oxygen atoms in total. The van der Waals surface area contributed by atoms with Crippen molar-refractivity contribution in [2.45, 2.75) is 52.5 Å². The van der Waals surface area contributed by atoms with Crippen LogP contribution in [0.25, 0.3) is 10.9 Å². The molecule has 21 heavy (non-hydrogen) atoms. The third kappa shape index (κ3) is 3.29. The van der Waals surface area contributed by atoms with Gasteiger partial charge in [0.15, 0.2) is 0 Å². The number of aryl methyl sites for hydroxylation is 2. The number of rotatable bonds is 5. The van der Waals surface area contributed by atoms with Crippen molar-refractivity contribution in [1.29, 1.82) is 0 Å². The number of aromatic nitrogens is 1. The molecule has 0 amide bonds. The van der Waals surface area contributed by atoms with Crippen LogP contribution >= 0.6 is 0 Å². The molecular formula is C18H26FNO. The molecule has 0 saturated carbocycles. The fourth-order valence-electron chi connectivity index (χ4n) is 2.79. The number of hydrogen-bond donors (Lipinski definition) is 0. The SMILES string of the molecule is CCc1cc2c(cc1F)c(C(C)(C)C)cn2CCCOC. The Morgan fingerprint density at radius 1 is 1.24 bits per heavy atom. The van der Waals surface area contributed by atoms with Gasteiger partial charge >= 0.3 is 0 Å². The summed E-state index contributed by atoms with van der Waals surface area (Å²) in [5.74, 6) is -0.0925. The Morgan fingerprint density at radius 2 is 1.95 bits per heavy atom. The largest absolute Gasteiger partial charge is 0.385 e. The van der Waals surface area contributed by atoms with E-state index in [9.17, 15) is 4.39 Å². The number of benzene rings is 1. The molecule has 1 aromatic carbocycles. The second kappa shape index (κ2) is 6.18. The van der Waals surface area contributed by atoms with E-state index in [2.05, 4.69) is 31.5 Å². The number of methoxy groups -OCH3 is 1. The van der Waals surface area contributed by atoms with Crippen LogP contribution in [0.3, 0.4) is 0 Å². The zero-order valence-corrected chi connectivity index (χ0v) is 13.8. The molecular weight excluding hydrogens is 265 g/mol. The lowest BCUT2D eigenvalue weighted by molar-refractivity contribution is 0.190. The summed E-state index contributed by atoms with van der Waals surface area (Å²) in [6.45, 7) is 10.2. The van der Waals surface area contributed by atoms with Gasteiger partial charge in [-0.1, -0.05) is 27.7 Å². The van der Waals surface area contributed by atoms with Crippen LogP contribution in [0, 0.1) is 5.82 Å². The molecule has 2 aromatic rings. The predicted octanol–water partition coefficient (Wildman–Crippen LogP) is 4.68. The zero-order chi connectivity index (χ0) is 15.6. The van der Waals surface area contributed by atoms with E-state index in [1.54, 1.807) is 13.2 Å². The summed E-state index contributed by atoms with van der Waals surface area (Å²) in [4.78, 5) is 0. The van der Waals surface area contributed by atoms with Gasteiger partial charge in [-0.25, -0.2) is 4.39 Å². The van der Waals surface area contributed by atoms with Gasteiger partial charge in [0.2, 0.25) is 0 Å². The summed E-state index contributed by atoms with van der Waals surface area (Å²) in [6.07, 6.45) is 3.86. The van der Waals surface area contributed by atoms with E-state index < -0.39 is 0 Å².